The van der Waals surface area contributed by atoms with E-state index in [9.17, 15) is 18.0 Å². The zero-order valence-corrected chi connectivity index (χ0v) is 11.5. The average molecular weight is 334 g/mol. The Labute approximate surface area is 117 Å². The lowest BCUT2D eigenvalue weighted by Crippen LogP contribution is -2.35. The van der Waals surface area contributed by atoms with Crippen LogP contribution >= 0.6 is 15.9 Å². The number of benzene rings is 1. The fraction of sp³-hybridized carbons (Fsp3) is 0.308. The van der Waals surface area contributed by atoms with E-state index in [1.165, 1.54) is 12.1 Å². The average Bonchev–Trinajstić information content (AvgIpc) is 2.32. The fourth-order valence-corrected chi connectivity index (χ4v) is 2.57. The SMILES string of the molecule is O=C1CCC=C(c2c(F)cccc2Br)N1CC(F)F. The zero-order valence-electron chi connectivity index (χ0n) is 9.88. The van der Waals surface area contributed by atoms with Gasteiger partial charge in [0.15, 0.2) is 0 Å². The van der Waals surface area contributed by atoms with Gasteiger partial charge in [0.2, 0.25) is 5.91 Å². The van der Waals surface area contributed by atoms with E-state index in [0.717, 1.165) is 4.90 Å². The van der Waals surface area contributed by atoms with E-state index >= 15 is 0 Å². The second kappa shape index (κ2) is 5.77. The van der Waals surface area contributed by atoms with Gasteiger partial charge in [-0.3, -0.25) is 4.79 Å². The predicted molar refractivity (Wildman–Crippen MR) is 69.0 cm³/mol. The first-order chi connectivity index (χ1) is 9.00. The van der Waals surface area contributed by atoms with E-state index in [-0.39, 0.29) is 17.7 Å². The lowest BCUT2D eigenvalue weighted by atomic mass is 10.0. The number of carbonyl (C=O) groups excluding carboxylic acids is 1. The molecule has 1 amide bonds. The molecule has 0 atom stereocenters. The molecule has 0 unspecified atom stereocenters. The first-order valence-corrected chi connectivity index (χ1v) is 6.53. The van der Waals surface area contributed by atoms with Gasteiger partial charge in [-0.15, -0.1) is 0 Å². The van der Waals surface area contributed by atoms with Gasteiger partial charge in [-0.2, -0.15) is 0 Å². The quantitative estimate of drug-likeness (QED) is 0.823. The van der Waals surface area contributed by atoms with Gasteiger partial charge in [0.05, 0.1) is 12.2 Å². The molecular weight excluding hydrogens is 323 g/mol. The van der Waals surface area contributed by atoms with E-state index in [1.807, 2.05) is 0 Å². The fourth-order valence-electron chi connectivity index (χ4n) is 2.03. The molecule has 2 rings (SSSR count). The Morgan fingerprint density at radius 1 is 1.37 bits per heavy atom. The molecule has 0 spiro atoms. The van der Waals surface area contributed by atoms with Gasteiger partial charge in [0, 0.05) is 16.5 Å². The van der Waals surface area contributed by atoms with Crippen molar-refractivity contribution in [2.75, 3.05) is 6.54 Å². The molecule has 0 aromatic heterocycles. The maximum absolute atomic E-state index is 13.9. The molecule has 6 heteroatoms. The van der Waals surface area contributed by atoms with Crippen molar-refractivity contribution in [1.82, 2.24) is 4.90 Å². The van der Waals surface area contributed by atoms with Crippen LogP contribution < -0.4 is 0 Å². The van der Waals surface area contributed by atoms with Gasteiger partial charge in [-0.05, 0) is 34.5 Å². The number of hydrogen-bond donors (Lipinski definition) is 0. The predicted octanol–water partition coefficient (Wildman–Crippen LogP) is 3.82. The van der Waals surface area contributed by atoms with Gasteiger partial charge in [0.25, 0.3) is 6.43 Å². The summed E-state index contributed by atoms with van der Waals surface area (Å²) in [5.41, 5.74) is 0.359. The molecule has 0 saturated heterocycles. The summed E-state index contributed by atoms with van der Waals surface area (Å²) in [5, 5.41) is 0. The van der Waals surface area contributed by atoms with Crippen molar-refractivity contribution in [2.45, 2.75) is 19.3 Å². The summed E-state index contributed by atoms with van der Waals surface area (Å²) in [5.74, 6) is -0.956. The molecule has 1 aromatic rings. The number of rotatable bonds is 3. The molecule has 1 aliphatic rings. The van der Waals surface area contributed by atoms with Crippen LogP contribution in [-0.4, -0.2) is 23.8 Å². The topological polar surface area (TPSA) is 20.3 Å². The normalized spacial score (nSPS) is 15.9. The summed E-state index contributed by atoms with van der Waals surface area (Å²) < 4.78 is 39.4. The monoisotopic (exact) mass is 333 g/mol. The van der Waals surface area contributed by atoms with Crippen molar-refractivity contribution in [3.8, 4) is 0 Å². The molecule has 1 heterocycles. The Bertz CT molecular complexity index is 510. The van der Waals surface area contributed by atoms with Gasteiger partial charge in [0.1, 0.15) is 5.82 Å². The lowest BCUT2D eigenvalue weighted by molar-refractivity contribution is -0.129. The van der Waals surface area contributed by atoms with Gasteiger partial charge in [-0.1, -0.05) is 12.1 Å². The minimum atomic E-state index is -2.66. The molecular formula is C13H11BrF3NO. The number of carbonyl (C=O) groups is 1. The molecule has 0 saturated carbocycles. The molecule has 0 radical (unpaired) electrons. The molecule has 2 nitrogen and oxygen atoms in total. The van der Waals surface area contributed by atoms with E-state index in [4.69, 9.17) is 0 Å². The maximum atomic E-state index is 13.9. The van der Waals surface area contributed by atoms with Crippen molar-refractivity contribution >= 4 is 27.5 Å². The summed E-state index contributed by atoms with van der Waals surface area (Å²) in [4.78, 5) is 12.7. The molecule has 0 bridgehead atoms. The van der Waals surface area contributed by atoms with Crippen LogP contribution in [0.3, 0.4) is 0 Å². The van der Waals surface area contributed by atoms with Crippen molar-refractivity contribution < 1.29 is 18.0 Å². The highest BCUT2D eigenvalue weighted by atomic mass is 79.9. The minimum absolute atomic E-state index is 0.149. The first-order valence-electron chi connectivity index (χ1n) is 5.73. The van der Waals surface area contributed by atoms with Crippen LogP contribution in [0.25, 0.3) is 5.70 Å². The van der Waals surface area contributed by atoms with Crippen molar-refractivity contribution in [2.24, 2.45) is 0 Å². The van der Waals surface area contributed by atoms with Crippen LogP contribution in [0.15, 0.2) is 28.7 Å². The highest BCUT2D eigenvalue weighted by Gasteiger charge is 2.28. The summed E-state index contributed by atoms with van der Waals surface area (Å²) >= 11 is 3.19. The number of halogens is 4. The van der Waals surface area contributed by atoms with Crippen LogP contribution in [0.5, 0.6) is 0 Å². The van der Waals surface area contributed by atoms with Crippen LogP contribution in [-0.2, 0) is 4.79 Å². The van der Waals surface area contributed by atoms with Crippen molar-refractivity contribution in [3.05, 3.63) is 40.1 Å². The standard InChI is InChI=1S/C13H11BrF3NO/c14-8-3-1-4-9(15)13(8)10-5-2-6-12(19)18(10)7-11(16)17/h1,3-5,11H,2,6-7H2. The smallest absolute Gasteiger partial charge is 0.256 e. The Hall–Kier alpha value is -1.30. The van der Waals surface area contributed by atoms with Crippen LogP contribution in [0.1, 0.15) is 18.4 Å². The molecule has 1 aliphatic heterocycles. The largest absolute Gasteiger partial charge is 0.306 e. The van der Waals surface area contributed by atoms with Gasteiger partial charge in [-0.25, -0.2) is 13.2 Å². The van der Waals surface area contributed by atoms with Gasteiger partial charge >= 0.3 is 0 Å². The third-order valence-corrected chi connectivity index (χ3v) is 3.49. The van der Waals surface area contributed by atoms with Crippen LogP contribution in [0.2, 0.25) is 0 Å². The number of nitrogens with zero attached hydrogens (tertiary/aromatic N) is 1. The molecule has 0 fully saturated rings. The number of hydrogen-bond acceptors (Lipinski definition) is 1. The first kappa shape index (κ1) is 14.1. The number of allylic oxidation sites excluding steroid dienone is 1. The lowest BCUT2D eigenvalue weighted by Gasteiger charge is -2.29. The summed E-state index contributed by atoms with van der Waals surface area (Å²) in [7, 11) is 0. The van der Waals surface area contributed by atoms with E-state index in [1.54, 1.807) is 12.1 Å². The summed E-state index contributed by atoms with van der Waals surface area (Å²) in [6.07, 6.45) is -0.444. The highest BCUT2D eigenvalue weighted by Crippen LogP contribution is 2.33. The van der Waals surface area contributed by atoms with Crippen LogP contribution in [0, 0.1) is 5.82 Å². The number of amides is 1. The molecule has 102 valence electrons. The van der Waals surface area contributed by atoms with Crippen LogP contribution in [0.4, 0.5) is 13.2 Å². The second-order valence-electron chi connectivity index (χ2n) is 4.12. The zero-order chi connectivity index (χ0) is 14.0. The molecule has 1 aromatic carbocycles. The Balaban J connectivity index is 2.45. The van der Waals surface area contributed by atoms with E-state index < -0.39 is 24.7 Å². The highest BCUT2D eigenvalue weighted by molar-refractivity contribution is 9.10. The number of alkyl halides is 2. The van der Waals surface area contributed by atoms with Crippen molar-refractivity contribution in [3.63, 3.8) is 0 Å². The van der Waals surface area contributed by atoms with Crippen molar-refractivity contribution in [1.29, 1.82) is 0 Å². The molecule has 0 aliphatic carbocycles. The maximum Gasteiger partial charge on any atom is 0.256 e. The molecule has 19 heavy (non-hydrogen) atoms. The van der Waals surface area contributed by atoms with Gasteiger partial charge < -0.3 is 4.90 Å². The second-order valence-corrected chi connectivity index (χ2v) is 4.97. The Kier molecular flexibility index (Phi) is 4.29. The third kappa shape index (κ3) is 3.00. The van der Waals surface area contributed by atoms with E-state index in [2.05, 4.69) is 15.9 Å². The summed E-state index contributed by atoms with van der Waals surface area (Å²) in [6, 6.07) is 4.35. The van der Waals surface area contributed by atoms with E-state index in [0.29, 0.717) is 10.9 Å². The minimum Gasteiger partial charge on any atom is -0.306 e. The Morgan fingerprint density at radius 2 is 2.11 bits per heavy atom. The Morgan fingerprint density at radius 3 is 2.74 bits per heavy atom. The third-order valence-electron chi connectivity index (χ3n) is 2.83. The molecule has 0 N–H and O–H groups in total. The summed E-state index contributed by atoms with van der Waals surface area (Å²) in [6.45, 7) is -0.717.